The fourth-order valence-electron chi connectivity index (χ4n) is 6.83. The number of nitrogens with one attached hydrogen (secondary N) is 1. The number of aromatic hydroxyl groups is 1. The van der Waals surface area contributed by atoms with Crippen LogP contribution in [0.3, 0.4) is 0 Å². The summed E-state index contributed by atoms with van der Waals surface area (Å²) in [5, 5.41) is 28.4. The maximum atomic E-state index is 14.2. The van der Waals surface area contributed by atoms with E-state index < -0.39 is 23.7 Å². The number of nitrogens with zero attached hydrogens (tertiary/aromatic N) is 8. The monoisotopic (exact) mass is 759 g/mol. The molecule has 1 saturated heterocycles. The lowest BCUT2D eigenvalue weighted by atomic mass is 10.0. The predicted octanol–water partition coefficient (Wildman–Crippen LogP) is 5.84. The Labute approximate surface area is 323 Å². The van der Waals surface area contributed by atoms with Crippen LogP contribution in [-0.2, 0) is 27.1 Å². The first-order valence-corrected chi connectivity index (χ1v) is 18.5. The Hall–Kier alpha value is -6.51. The second kappa shape index (κ2) is 15.7. The van der Waals surface area contributed by atoms with Gasteiger partial charge in [0.05, 0.1) is 25.5 Å². The van der Waals surface area contributed by atoms with Crippen molar-refractivity contribution in [3.05, 3.63) is 102 Å². The van der Waals surface area contributed by atoms with Crippen molar-refractivity contribution < 1.29 is 29.0 Å². The van der Waals surface area contributed by atoms with Crippen LogP contribution in [0.5, 0.6) is 5.75 Å². The van der Waals surface area contributed by atoms with Gasteiger partial charge in [-0.2, -0.15) is 0 Å². The van der Waals surface area contributed by atoms with Crippen LogP contribution in [-0.4, -0.2) is 107 Å². The molecule has 0 bridgehead atoms. The highest BCUT2D eigenvalue weighted by molar-refractivity contribution is 5.97. The zero-order valence-electron chi connectivity index (χ0n) is 32.0. The summed E-state index contributed by atoms with van der Waals surface area (Å²) in [7, 11) is 1.34. The fourth-order valence-corrected chi connectivity index (χ4v) is 6.83. The van der Waals surface area contributed by atoms with Crippen molar-refractivity contribution in [2.24, 2.45) is 0 Å². The molecule has 6 aromatic rings. The number of phenolic OH excluding ortho intramolecular Hbond substituents is 1. The van der Waals surface area contributed by atoms with Crippen LogP contribution < -0.4 is 0 Å². The summed E-state index contributed by atoms with van der Waals surface area (Å²) in [5.41, 5.74) is 4.91. The standard InChI is InChI=1S/C41H45N9O6/c1-26(18-27-10-12-32(51)13-11-27)49-24-35(43-45-49)28-19-29(21-30(20-28)38(52)47-14-16-48(17-15-47)40(54)56-41(2,3)4)36-25-50(46-44-36)37(39(53)55-5)22-31-23-42-34-9-7-6-8-33(31)34/h6-13,19-21,23-26,37,42,51H,14-18,22H2,1-5H3/t26-,37+/m1/s1. The Kier molecular flexibility index (Phi) is 10.6. The molecule has 0 saturated carbocycles. The first-order valence-electron chi connectivity index (χ1n) is 18.5. The summed E-state index contributed by atoms with van der Waals surface area (Å²) in [6.07, 6.45) is 5.96. The molecule has 7 rings (SSSR count). The number of fused-ring (bicyclic) bond motifs is 1. The van der Waals surface area contributed by atoms with Gasteiger partial charge in [0.2, 0.25) is 0 Å². The van der Waals surface area contributed by atoms with Gasteiger partial charge in [-0.3, -0.25) is 4.79 Å². The third-order valence-corrected chi connectivity index (χ3v) is 9.81. The van der Waals surface area contributed by atoms with E-state index in [1.54, 1.807) is 44.9 Å². The Bertz CT molecular complexity index is 2350. The molecule has 56 heavy (non-hydrogen) atoms. The number of piperazine rings is 1. The molecule has 2 atom stereocenters. The molecular weight excluding hydrogens is 715 g/mol. The quantitative estimate of drug-likeness (QED) is 0.162. The van der Waals surface area contributed by atoms with E-state index in [0.717, 1.165) is 22.0 Å². The number of para-hydroxylation sites is 1. The van der Waals surface area contributed by atoms with E-state index in [1.807, 2.05) is 82.6 Å². The number of ether oxygens (including phenoxy) is 2. The predicted molar refractivity (Wildman–Crippen MR) is 208 cm³/mol. The second-order valence-corrected chi connectivity index (χ2v) is 15.0. The largest absolute Gasteiger partial charge is 0.508 e. The Morgan fingerprint density at radius 3 is 2.12 bits per heavy atom. The van der Waals surface area contributed by atoms with E-state index in [-0.39, 0.29) is 17.7 Å². The average Bonchev–Trinajstić information content (AvgIpc) is 3.98. The van der Waals surface area contributed by atoms with E-state index in [4.69, 9.17) is 9.47 Å². The van der Waals surface area contributed by atoms with Crippen LogP contribution in [0.15, 0.2) is 85.3 Å². The Morgan fingerprint density at radius 2 is 1.46 bits per heavy atom. The number of carbonyl (C=O) groups is 3. The van der Waals surface area contributed by atoms with Crippen molar-refractivity contribution in [2.75, 3.05) is 33.3 Å². The van der Waals surface area contributed by atoms with Gasteiger partial charge in [-0.1, -0.05) is 40.8 Å². The molecule has 0 spiro atoms. The number of phenols is 1. The maximum Gasteiger partial charge on any atom is 0.410 e. The van der Waals surface area contributed by atoms with Crippen molar-refractivity contribution >= 4 is 28.9 Å². The Balaban J connectivity index is 1.19. The molecule has 15 nitrogen and oxygen atoms in total. The normalized spacial score (nSPS) is 14.4. The topological polar surface area (TPSA) is 174 Å². The SMILES string of the molecule is COC(=O)[C@H](Cc1c[nH]c2ccccc12)n1cc(-c2cc(C(=O)N3CCN(C(=O)OC(C)(C)C)CC3)cc(-c3cn([C@H](C)Cc4ccc(O)cc4)nn3)c2)nn1. The molecule has 1 fully saturated rings. The number of rotatable bonds is 10. The number of hydrogen-bond acceptors (Lipinski definition) is 10. The smallest absolute Gasteiger partial charge is 0.410 e. The highest BCUT2D eigenvalue weighted by Gasteiger charge is 2.30. The lowest BCUT2D eigenvalue weighted by Crippen LogP contribution is -2.51. The minimum atomic E-state index is -0.805. The molecule has 2 amide bonds. The summed E-state index contributed by atoms with van der Waals surface area (Å²) in [6.45, 7) is 8.81. The second-order valence-electron chi connectivity index (χ2n) is 15.0. The summed E-state index contributed by atoms with van der Waals surface area (Å²) in [6, 6.07) is 19.5. The number of H-pyrrole nitrogens is 1. The summed E-state index contributed by atoms with van der Waals surface area (Å²) in [5.74, 6) is -0.487. The van der Waals surface area contributed by atoms with Gasteiger partial charge in [-0.15, -0.1) is 10.2 Å². The molecular formula is C41H45N9O6. The number of esters is 1. The minimum Gasteiger partial charge on any atom is -0.508 e. The summed E-state index contributed by atoms with van der Waals surface area (Å²) >= 11 is 0. The van der Waals surface area contributed by atoms with Crippen LogP contribution in [0.2, 0.25) is 0 Å². The molecule has 0 unspecified atom stereocenters. The van der Waals surface area contributed by atoms with Gasteiger partial charge >= 0.3 is 12.1 Å². The first-order chi connectivity index (χ1) is 26.8. The van der Waals surface area contributed by atoms with Crippen LogP contribution in [0, 0.1) is 0 Å². The van der Waals surface area contributed by atoms with Crippen molar-refractivity contribution in [2.45, 2.75) is 58.2 Å². The van der Waals surface area contributed by atoms with Crippen molar-refractivity contribution in [3.8, 4) is 28.3 Å². The van der Waals surface area contributed by atoms with Gasteiger partial charge in [0.25, 0.3) is 5.91 Å². The van der Waals surface area contributed by atoms with Gasteiger partial charge < -0.3 is 29.4 Å². The van der Waals surface area contributed by atoms with Crippen LogP contribution >= 0.6 is 0 Å². The van der Waals surface area contributed by atoms with Crippen LogP contribution in [0.25, 0.3) is 33.4 Å². The number of aromatic amines is 1. The van der Waals surface area contributed by atoms with Crippen molar-refractivity contribution in [1.29, 1.82) is 0 Å². The molecule has 4 heterocycles. The molecule has 1 aliphatic heterocycles. The average molecular weight is 760 g/mol. The molecule has 290 valence electrons. The lowest BCUT2D eigenvalue weighted by Gasteiger charge is -2.35. The van der Waals surface area contributed by atoms with Gasteiger partial charge in [-0.05, 0) is 81.6 Å². The van der Waals surface area contributed by atoms with E-state index >= 15 is 0 Å². The molecule has 0 radical (unpaired) electrons. The Morgan fingerprint density at radius 1 is 0.839 bits per heavy atom. The lowest BCUT2D eigenvalue weighted by molar-refractivity contribution is -0.144. The molecule has 2 N–H and O–H groups in total. The first kappa shape index (κ1) is 37.8. The molecule has 3 aromatic carbocycles. The third kappa shape index (κ3) is 8.41. The van der Waals surface area contributed by atoms with E-state index in [9.17, 15) is 19.5 Å². The molecule has 15 heteroatoms. The van der Waals surface area contributed by atoms with E-state index in [1.165, 1.54) is 11.8 Å². The molecule has 0 aliphatic carbocycles. The highest BCUT2D eigenvalue weighted by atomic mass is 16.6. The highest BCUT2D eigenvalue weighted by Crippen LogP contribution is 2.30. The molecule has 1 aliphatic rings. The zero-order chi connectivity index (χ0) is 39.6. The number of methoxy groups -OCH3 is 1. The van der Waals surface area contributed by atoms with Crippen LogP contribution in [0.4, 0.5) is 4.79 Å². The zero-order valence-corrected chi connectivity index (χ0v) is 32.0. The number of amides is 2. The van der Waals surface area contributed by atoms with Gasteiger partial charge in [-0.25, -0.2) is 19.0 Å². The number of aromatic nitrogens is 7. The van der Waals surface area contributed by atoms with E-state index in [0.29, 0.717) is 67.1 Å². The third-order valence-electron chi connectivity index (χ3n) is 9.81. The summed E-state index contributed by atoms with van der Waals surface area (Å²) in [4.78, 5) is 46.6. The summed E-state index contributed by atoms with van der Waals surface area (Å²) < 4.78 is 14.0. The van der Waals surface area contributed by atoms with E-state index in [2.05, 4.69) is 25.6 Å². The number of hydrogen-bond donors (Lipinski definition) is 2. The molecule has 3 aromatic heterocycles. The fraction of sp³-hybridized carbons (Fsp3) is 0.341. The number of benzene rings is 3. The number of carbonyl (C=O) groups excluding carboxylic acids is 3. The van der Waals surface area contributed by atoms with Crippen molar-refractivity contribution in [3.63, 3.8) is 0 Å². The van der Waals surface area contributed by atoms with Crippen molar-refractivity contribution in [1.82, 2.24) is 44.8 Å². The van der Waals surface area contributed by atoms with Gasteiger partial charge in [0.15, 0.2) is 6.04 Å². The van der Waals surface area contributed by atoms with Gasteiger partial charge in [0, 0.05) is 66.4 Å². The maximum absolute atomic E-state index is 14.2. The van der Waals surface area contributed by atoms with Crippen LogP contribution in [0.1, 0.15) is 61.3 Å². The van der Waals surface area contributed by atoms with Gasteiger partial charge in [0.1, 0.15) is 22.7 Å². The minimum absolute atomic E-state index is 0.0568.